The van der Waals surface area contributed by atoms with Crippen LogP contribution in [0.15, 0.2) is 0 Å². The lowest BCUT2D eigenvalue weighted by atomic mass is 10.0. The number of hydrogen-bond acceptors (Lipinski definition) is 8. The van der Waals surface area contributed by atoms with Crippen LogP contribution in [0.25, 0.3) is 0 Å². The van der Waals surface area contributed by atoms with Crippen molar-refractivity contribution >= 4 is 19.8 Å². The Kier molecular flexibility index (Phi) is 45.4. The summed E-state index contributed by atoms with van der Waals surface area (Å²) in [5.41, 5.74) is 0. The van der Waals surface area contributed by atoms with E-state index in [-0.39, 0.29) is 32.0 Å². The molecule has 9 nitrogen and oxygen atoms in total. The van der Waals surface area contributed by atoms with Crippen molar-refractivity contribution in [2.45, 2.75) is 283 Å². The lowest BCUT2D eigenvalue weighted by Crippen LogP contribution is -2.37. The normalized spacial score (nSPS) is 13.3. The molecule has 2 atom stereocenters. The van der Waals surface area contributed by atoms with Crippen molar-refractivity contribution in [3.8, 4) is 0 Å². The molecule has 0 spiro atoms. The largest absolute Gasteiger partial charge is 0.756 e. The number of hydrogen-bond donors (Lipinski definition) is 0. The van der Waals surface area contributed by atoms with Gasteiger partial charge in [-0.15, -0.1) is 0 Å². The van der Waals surface area contributed by atoms with Gasteiger partial charge in [-0.2, -0.15) is 0 Å². The molecule has 63 heavy (non-hydrogen) atoms. The number of carbonyl (C=O) groups is 2. The molecular weight excluding hydrogens is 810 g/mol. The van der Waals surface area contributed by atoms with Crippen LogP contribution < -0.4 is 4.89 Å². The van der Waals surface area contributed by atoms with Gasteiger partial charge >= 0.3 is 11.9 Å². The first kappa shape index (κ1) is 62.0. The SMILES string of the molecule is CCCCCCCCCCCCCCCCCCCCCCCCCCCCCCCCC(=O)OC(COC(=O)CCCCCCCCCCC)COP(=O)([O-])OCC[N+](C)(C)C. The Labute approximate surface area is 391 Å². The molecule has 0 aliphatic carbocycles. The van der Waals surface area contributed by atoms with Crippen molar-refractivity contribution in [2.24, 2.45) is 0 Å². The Hall–Kier alpha value is -0.990. The molecule has 0 amide bonds. The van der Waals surface area contributed by atoms with Crippen LogP contribution in [0, 0.1) is 0 Å². The highest BCUT2D eigenvalue weighted by Gasteiger charge is 2.22. The van der Waals surface area contributed by atoms with Crippen molar-refractivity contribution in [1.82, 2.24) is 0 Å². The Bertz CT molecular complexity index is 1040. The Morgan fingerprint density at radius 2 is 0.714 bits per heavy atom. The van der Waals surface area contributed by atoms with Crippen molar-refractivity contribution < 1.29 is 42.1 Å². The van der Waals surface area contributed by atoms with Gasteiger partial charge in [-0.1, -0.05) is 251 Å². The van der Waals surface area contributed by atoms with E-state index in [2.05, 4.69) is 13.8 Å². The summed E-state index contributed by atoms with van der Waals surface area (Å²) >= 11 is 0. The quantitative estimate of drug-likeness (QED) is 0.0257. The molecule has 0 rings (SSSR count). The van der Waals surface area contributed by atoms with Crippen LogP contribution in [-0.2, 0) is 32.7 Å². The number of likely N-dealkylation sites (N-methyl/N-ethyl adjacent to an activating group) is 1. The fourth-order valence-electron chi connectivity index (χ4n) is 8.13. The average Bonchev–Trinajstić information content (AvgIpc) is 3.24. The van der Waals surface area contributed by atoms with E-state index in [0.29, 0.717) is 17.4 Å². The Morgan fingerprint density at radius 3 is 1.02 bits per heavy atom. The number of nitrogens with zero attached hydrogens (tertiary/aromatic N) is 1. The van der Waals surface area contributed by atoms with Crippen LogP contribution in [0.5, 0.6) is 0 Å². The zero-order chi connectivity index (χ0) is 46.4. The molecular formula is C53H106NO8P. The van der Waals surface area contributed by atoms with E-state index in [9.17, 15) is 19.0 Å². The minimum absolute atomic E-state index is 0.0257. The average molecular weight is 916 g/mol. The number of rotatable bonds is 51. The molecule has 0 aromatic heterocycles. The standard InChI is InChI=1S/C53H106NO8P/c1-6-8-10-12-14-16-17-18-19-20-21-22-23-24-25-26-27-28-29-30-31-32-33-34-35-36-38-40-42-44-46-53(56)62-51(50-61-63(57,58)60-48-47-54(3,4)5)49-59-52(55)45-43-41-39-37-15-13-11-9-7-2/h51H,6-50H2,1-5H3. The van der Waals surface area contributed by atoms with Crippen LogP contribution in [0.2, 0.25) is 0 Å². The second-order valence-electron chi connectivity index (χ2n) is 20.0. The highest BCUT2D eigenvalue weighted by atomic mass is 31.2. The van der Waals surface area contributed by atoms with Gasteiger partial charge in [0.05, 0.1) is 27.7 Å². The van der Waals surface area contributed by atoms with E-state index in [1.165, 1.54) is 212 Å². The second kappa shape index (κ2) is 46.1. The summed E-state index contributed by atoms with van der Waals surface area (Å²) in [4.78, 5) is 37.6. The van der Waals surface area contributed by atoms with Gasteiger partial charge in [-0.25, -0.2) is 0 Å². The summed E-state index contributed by atoms with van der Waals surface area (Å²) in [6.45, 7) is 4.26. The van der Waals surface area contributed by atoms with Gasteiger partial charge in [0.15, 0.2) is 6.10 Å². The Morgan fingerprint density at radius 1 is 0.429 bits per heavy atom. The topological polar surface area (TPSA) is 111 Å². The predicted molar refractivity (Wildman–Crippen MR) is 264 cm³/mol. The number of esters is 2. The van der Waals surface area contributed by atoms with Crippen LogP contribution in [0.3, 0.4) is 0 Å². The third kappa shape index (κ3) is 50.3. The minimum Gasteiger partial charge on any atom is -0.756 e. The molecule has 0 aromatic carbocycles. The number of phosphoric acid groups is 1. The zero-order valence-electron chi connectivity index (χ0n) is 42.6. The smallest absolute Gasteiger partial charge is 0.306 e. The van der Waals surface area contributed by atoms with Gasteiger partial charge in [0, 0.05) is 12.8 Å². The van der Waals surface area contributed by atoms with Crippen LogP contribution in [-0.4, -0.2) is 70.0 Å². The van der Waals surface area contributed by atoms with Crippen molar-refractivity contribution in [1.29, 1.82) is 0 Å². The number of carbonyl (C=O) groups excluding carboxylic acids is 2. The van der Waals surface area contributed by atoms with Gasteiger partial charge in [0.1, 0.15) is 19.8 Å². The summed E-state index contributed by atoms with van der Waals surface area (Å²) in [7, 11) is 1.19. The second-order valence-corrected chi connectivity index (χ2v) is 21.4. The van der Waals surface area contributed by atoms with E-state index < -0.39 is 26.5 Å². The summed E-state index contributed by atoms with van der Waals surface area (Å²) < 4.78 is 34.0. The van der Waals surface area contributed by atoms with E-state index in [0.717, 1.165) is 32.1 Å². The molecule has 0 aliphatic rings. The molecule has 0 aromatic rings. The monoisotopic (exact) mass is 916 g/mol. The third-order valence-electron chi connectivity index (χ3n) is 12.4. The fraction of sp³-hybridized carbons (Fsp3) is 0.962. The van der Waals surface area contributed by atoms with E-state index in [1.54, 1.807) is 0 Å². The number of phosphoric ester groups is 1. The highest BCUT2D eigenvalue weighted by Crippen LogP contribution is 2.38. The lowest BCUT2D eigenvalue weighted by Gasteiger charge is -2.28. The van der Waals surface area contributed by atoms with Gasteiger partial charge < -0.3 is 27.9 Å². The molecule has 376 valence electrons. The van der Waals surface area contributed by atoms with Crippen LogP contribution in [0.4, 0.5) is 0 Å². The summed E-state index contributed by atoms with van der Waals surface area (Å²) in [5, 5.41) is 0. The molecule has 0 N–H and O–H groups in total. The van der Waals surface area contributed by atoms with Gasteiger partial charge in [0.25, 0.3) is 7.82 Å². The van der Waals surface area contributed by atoms with Crippen molar-refractivity contribution in [2.75, 3.05) is 47.5 Å². The minimum atomic E-state index is -4.62. The highest BCUT2D eigenvalue weighted by molar-refractivity contribution is 7.45. The molecule has 0 heterocycles. The zero-order valence-corrected chi connectivity index (χ0v) is 43.5. The third-order valence-corrected chi connectivity index (χ3v) is 13.3. The van der Waals surface area contributed by atoms with Crippen molar-refractivity contribution in [3.63, 3.8) is 0 Å². The predicted octanol–water partition coefficient (Wildman–Crippen LogP) is 15.7. The summed E-state index contributed by atoms with van der Waals surface area (Å²) in [6.07, 6.45) is 50.3. The van der Waals surface area contributed by atoms with E-state index in [4.69, 9.17) is 18.5 Å². The van der Waals surface area contributed by atoms with E-state index in [1.807, 2.05) is 21.1 Å². The number of quaternary nitrogens is 1. The summed E-state index contributed by atoms with van der Waals surface area (Å²) in [5.74, 6) is -0.819. The molecule has 0 saturated heterocycles. The maximum Gasteiger partial charge on any atom is 0.306 e. The molecule has 0 radical (unpaired) electrons. The first-order chi connectivity index (χ1) is 30.5. The van der Waals surface area contributed by atoms with Crippen LogP contribution in [0.1, 0.15) is 277 Å². The maximum absolute atomic E-state index is 12.7. The molecule has 2 unspecified atom stereocenters. The molecule has 0 saturated carbocycles. The Balaban J connectivity index is 3.93. The molecule has 0 bridgehead atoms. The first-order valence-electron chi connectivity index (χ1n) is 27.2. The van der Waals surface area contributed by atoms with E-state index >= 15 is 0 Å². The van der Waals surface area contributed by atoms with Crippen molar-refractivity contribution in [3.05, 3.63) is 0 Å². The summed E-state index contributed by atoms with van der Waals surface area (Å²) in [6, 6.07) is 0. The molecule has 0 fully saturated rings. The van der Waals surface area contributed by atoms with Gasteiger partial charge in [-0.05, 0) is 12.8 Å². The van der Waals surface area contributed by atoms with Gasteiger partial charge in [0.2, 0.25) is 0 Å². The number of ether oxygens (including phenoxy) is 2. The molecule has 10 heteroatoms. The van der Waals surface area contributed by atoms with Gasteiger partial charge in [-0.3, -0.25) is 14.2 Å². The maximum atomic E-state index is 12.7. The first-order valence-corrected chi connectivity index (χ1v) is 28.7. The van der Waals surface area contributed by atoms with Crippen LogP contribution >= 0.6 is 7.82 Å². The molecule has 0 aliphatic heterocycles. The fourth-order valence-corrected chi connectivity index (χ4v) is 8.86. The lowest BCUT2D eigenvalue weighted by molar-refractivity contribution is -0.870. The number of unbranched alkanes of at least 4 members (excludes halogenated alkanes) is 37.